The molecule has 0 atom stereocenters. The molecule has 0 saturated carbocycles. The fourth-order valence-electron chi connectivity index (χ4n) is 3.73. The van der Waals surface area contributed by atoms with Crippen LogP contribution in [0.15, 0.2) is 24.4 Å². The molecule has 12 heteroatoms. The molecule has 1 aliphatic heterocycles. The zero-order chi connectivity index (χ0) is 22.5. The number of aromatic nitrogens is 6. The second-order valence-electron chi connectivity index (χ2n) is 8.13. The van der Waals surface area contributed by atoms with E-state index >= 15 is 0 Å². The number of fused-ring (bicyclic) bond motifs is 2. The Labute approximate surface area is 184 Å². The van der Waals surface area contributed by atoms with Crippen LogP contribution in [-0.4, -0.2) is 75.5 Å². The van der Waals surface area contributed by atoms with Crippen molar-refractivity contribution in [2.75, 3.05) is 43.4 Å². The van der Waals surface area contributed by atoms with Gasteiger partial charge in [-0.2, -0.15) is 19.6 Å². The van der Waals surface area contributed by atoms with Crippen LogP contribution >= 0.6 is 0 Å². The van der Waals surface area contributed by atoms with Crippen molar-refractivity contribution in [3.8, 4) is 0 Å². The number of piperazine rings is 1. The minimum Gasteiger partial charge on any atom is -0.347 e. The monoisotopic (exact) mass is 437 g/mol. The highest BCUT2D eigenvalue weighted by molar-refractivity contribution is 6.36. The highest BCUT2D eigenvalue weighted by Gasteiger charge is 2.25. The largest absolute Gasteiger partial charge is 0.347 e. The zero-order valence-electron chi connectivity index (χ0n) is 17.8. The predicted molar refractivity (Wildman–Crippen MR) is 119 cm³/mol. The summed E-state index contributed by atoms with van der Waals surface area (Å²) in [7, 11) is 8.15. The van der Waals surface area contributed by atoms with Gasteiger partial charge in [0, 0.05) is 44.9 Å². The van der Waals surface area contributed by atoms with Gasteiger partial charge in [-0.1, -0.05) is 6.07 Å². The minimum absolute atomic E-state index is 0.0606. The SMILES string of the molecule is [B]c1cnn2c(NCc3nc4ccc(C(C)(F)F)cc4[nH]3)nc(N3CCN(C)CC3)nc12. The molecule has 4 aromatic rings. The molecular formula is C20H22BF2N9. The Morgan fingerprint density at radius 2 is 1.94 bits per heavy atom. The third-order valence-corrected chi connectivity index (χ3v) is 5.62. The molecule has 5 rings (SSSR count). The van der Waals surface area contributed by atoms with E-state index in [-0.39, 0.29) is 5.56 Å². The molecule has 164 valence electrons. The van der Waals surface area contributed by atoms with Gasteiger partial charge in [-0.25, -0.2) is 13.8 Å². The van der Waals surface area contributed by atoms with Crippen LogP contribution in [0.5, 0.6) is 0 Å². The molecule has 2 radical (unpaired) electrons. The lowest BCUT2D eigenvalue weighted by Crippen LogP contribution is -2.45. The van der Waals surface area contributed by atoms with Gasteiger partial charge in [0.25, 0.3) is 5.92 Å². The Morgan fingerprint density at radius 3 is 2.69 bits per heavy atom. The average molecular weight is 437 g/mol. The summed E-state index contributed by atoms with van der Waals surface area (Å²) in [6.45, 7) is 4.64. The van der Waals surface area contributed by atoms with Crippen molar-refractivity contribution in [2.45, 2.75) is 19.4 Å². The van der Waals surface area contributed by atoms with Crippen LogP contribution in [0.25, 0.3) is 16.7 Å². The summed E-state index contributed by atoms with van der Waals surface area (Å²) in [5.41, 5.74) is 2.09. The van der Waals surface area contributed by atoms with E-state index in [9.17, 15) is 8.78 Å². The first kappa shape index (κ1) is 20.6. The first-order valence-electron chi connectivity index (χ1n) is 10.3. The molecule has 0 bridgehead atoms. The molecule has 1 fully saturated rings. The van der Waals surface area contributed by atoms with Crippen molar-refractivity contribution in [3.63, 3.8) is 0 Å². The maximum atomic E-state index is 13.6. The zero-order valence-corrected chi connectivity index (χ0v) is 17.8. The lowest BCUT2D eigenvalue weighted by Gasteiger charge is -2.32. The predicted octanol–water partition coefficient (Wildman–Crippen LogP) is 1.27. The third kappa shape index (κ3) is 3.86. The van der Waals surface area contributed by atoms with Crippen LogP contribution in [0, 0.1) is 0 Å². The molecule has 0 spiro atoms. The van der Waals surface area contributed by atoms with Gasteiger partial charge >= 0.3 is 0 Å². The Hall–Kier alpha value is -3.28. The highest BCUT2D eigenvalue weighted by atomic mass is 19.3. The number of nitrogens with zero attached hydrogens (tertiary/aromatic N) is 7. The first-order valence-corrected chi connectivity index (χ1v) is 10.3. The quantitative estimate of drug-likeness (QED) is 0.455. The lowest BCUT2D eigenvalue weighted by molar-refractivity contribution is 0.0176. The number of imidazole rings is 1. The highest BCUT2D eigenvalue weighted by Crippen LogP contribution is 2.29. The van der Waals surface area contributed by atoms with E-state index in [0.717, 1.165) is 33.1 Å². The van der Waals surface area contributed by atoms with Crippen LogP contribution < -0.4 is 15.7 Å². The van der Waals surface area contributed by atoms with E-state index in [4.69, 9.17) is 7.85 Å². The van der Waals surface area contributed by atoms with Crippen LogP contribution in [0.4, 0.5) is 20.7 Å². The molecular weight excluding hydrogens is 415 g/mol. The minimum atomic E-state index is -2.91. The summed E-state index contributed by atoms with van der Waals surface area (Å²) in [6, 6.07) is 4.40. The van der Waals surface area contributed by atoms with E-state index in [1.165, 1.54) is 18.3 Å². The van der Waals surface area contributed by atoms with Gasteiger partial charge in [0.1, 0.15) is 13.7 Å². The molecule has 3 aromatic heterocycles. The number of hydrogen-bond donors (Lipinski definition) is 2. The number of rotatable bonds is 5. The van der Waals surface area contributed by atoms with E-state index in [0.29, 0.717) is 46.4 Å². The number of likely N-dealkylation sites (N-methyl/N-ethyl adjacent to an activating group) is 1. The third-order valence-electron chi connectivity index (χ3n) is 5.62. The average Bonchev–Trinajstić information content (AvgIpc) is 3.34. The van der Waals surface area contributed by atoms with E-state index in [1.54, 1.807) is 10.6 Å². The fraction of sp³-hybridized carbons (Fsp3) is 0.400. The number of H-pyrrole nitrogens is 1. The molecule has 0 unspecified atom stereocenters. The second kappa shape index (κ2) is 7.70. The van der Waals surface area contributed by atoms with Gasteiger partial charge < -0.3 is 20.1 Å². The number of nitrogens with one attached hydrogen (secondary N) is 2. The summed E-state index contributed by atoms with van der Waals surface area (Å²) in [4.78, 5) is 21.2. The maximum Gasteiger partial charge on any atom is 0.270 e. The molecule has 0 aliphatic carbocycles. The van der Waals surface area contributed by atoms with Crippen molar-refractivity contribution < 1.29 is 8.78 Å². The Bertz CT molecular complexity index is 1270. The van der Waals surface area contributed by atoms with E-state index in [1.807, 2.05) is 0 Å². The summed E-state index contributed by atoms with van der Waals surface area (Å²) in [5, 5.41) is 7.50. The first-order chi connectivity index (χ1) is 15.3. The number of hydrogen-bond acceptors (Lipinski definition) is 7. The van der Waals surface area contributed by atoms with Crippen LogP contribution in [-0.2, 0) is 12.5 Å². The summed E-state index contributed by atoms with van der Waals surface area (Å²) in [5.74, 6) is -1.27. The summed E-state index contributed by atoms with van der Waals surface area (Å²) >= 11 is 0. The fourth-order valence-corrected chi connectivity index (χ4v) is 3.73. The van der Waals surface area contributed by atoms with Gasteiger partial charge in [-0.3, -0.25) is 0 Å². The van der Waals surface area contributed by atoms with Crippen molar-refractivity contribution in [3.05, 3.63) is 35.8 Å². The molecule has 2 N–H and O–H groups in total. The number of aromatic amines is 1. The van der Waals surface area contributed by atoms with Crippen molar-refractivity contribution >= 4 is 41.9 Å². The summed E-state index contributed by atoms with van der Waals surface area (Å²) in [6.07, 6.45) is 1.54. The molecule has 1 aliphatic rings. The van der Waals surface area contributed by atoms with Crippen LogP contribution in [0.2, 0.25) is 0 Å². The van der Waals surface area contributed by atoms with Crippen LogP contribution in [0.3, 0.4) is 0 Å². The van der Waals surface area contributed by atoms with Gasteiger partial charge in [-0.15, -0.1) is 0 Å². The topological polar surface area (TPSA) is 90.3 Å². The summed E-state index contributed by atoms with van der Waals surface area (Å²) < 4.78 is 28.8. The number of benzene rings is 1. The number of anilines is 2. The standard InChI is InChI=1S/C20H22BF2N9/c1-20(22,23)12-3-4-14-15(9-12)27-16(26-14)11-24-18-29-19(31-7-5-30(2)6-8-31)28-17-13(21)10-25-32(17)18/h3-4,9-10H,5-8,11H2,1-2H3,(H,26,27)(H,24,28,29). The lowest BCUT2D eigenvalue weighted by atomic mass is 10.0. The Morgan fingerprint density at radius 1 is 1.16 bits per heavy atom. The molecule has 32 heavy (non-hydrogen) atoms. The molecule has 1 aromatic carbocycles. The second-order valence-corrected chi connectivity index (χ2v) is 8.13. The molecule has 9 nitrogen and oxygen atoms in total. The van der Waals surface area contributed by atoms with Crippen molar-refractivity contribution in [2.24, 2.45) is 0 Å². The molecule has 1 saturated heterocycles. The van der Waals surface area contributed by atoms with E-state index < -0.39 is 5.92 Å². The van der Waals surface area contributed by atoms with Gasteiger partial charge in [0.2, 0.25) is 11.9 Å². The molecule has 0 amide bonds. The van der Waals surface area contributed by atoms with Gasteiger partial charge in [0.05, 0.1) is 17.6 Å². The molecule has 4 heterocycles. The van der Waals surface area contributed by atoms with Crippen LogP contribution in [0.1, 0.15) is 18.3 Å². The van der Waals surface area contributed by atoms with Crippen molar-refractivity contribution in [1.82, 2.24) is 34.4 Å². The maximum absolute atomic E-state index is 13.6. The Kier molecular flexibility index (Phi) is 4.96. The van der Waals surface area contributed by atoms with E-state index in [2.05, 4.69) is 47.2 Å². The number of halogens is 2. The Balaban J connectivity index is 1.42. The van der Waals surface area contributed by atoms with Crippen molar-refractivity contribution in [1.29, 1.82) is 0 Å². The normalized spacial score (nSPS) is 15.7. The van der Waals surface area contributed by atoms with Gasteiger partial charge in [-0.05, 0) is 24.6 Å². The smallest absolute Gasteiger partial charge is 0.270 e. The van der Waals surface area contributed by atoms with Gasteiger partial charge in [0.15, 0.2) is 5.65 Å². The number of alkyl halides is 2.